The maximum Gasteiger partial charge on any atom is 0.326 e. The van der Waals surface area contributed by atoms with Crippen molar-refractivity contribution in [2.45, 2.75) is 11.2 Å². The van der Waals surface area contributed by atoms with Gasteiger partial charge in [0, 0.05) is 12.2 Å². The minimum absolute atomic E-state index is 0.208. The molecule has 1 fully saturated rings. The summed E-state index contributed by atoms with van der Waals surface area (Å²) in [6.07, 6.45) is 0.881. The van der Waals surface area contributed by atoms with Crippen LogP contribution in [0.3, 0.4) is 0 Å². The molecule has 0 amide bonds. The fraction of sp³-hybridized carbons (Fsp3) is 0.333. The molecule has 1 N–H and O–H groups in total. The Morgan fingerprint density at radius 2 is 2.16 bits per heavy atom. The molecular formula is C12H10FNO4S. The summed E-state index contributed by atoms with van der Waals surface area (Å²) in [6.45, 7) is 0. The normalized spacial score (nSPS) is 29.5. The summed E-state index contributed by atoms with van der Waals surface area (Å²) in [6, 6.07) is 6.58. The fourth-order valence-electron chi connectivity index (χ4n) is 2.51. The maximum absolute atomic E-state index is 13.2. The van der Waals surface area contributed by atoms with E-state index in [-0.39, 0.29) is 5.56 Å². The summed E-state index contributed by atoms with van der Waals surface area (Å²) < 4.78 is 36.4. The van der Waals surface area contributed by atoms with E-state index in [0.29, 0.717) is 0 Å². The Kier molecular flexibility index (Phi) is 2.86. The number of nitrogens with zero attached hydrogens (tertiary/aromatic N) is 1. The van der Waals surface area contributed by atoms with E-state index in [0.717, 1.165) is 18.4 Å². The highest BCUT2D eigenvalue weighted by molar-refractivity contribution is 7.91. The van der Waals surface area contributed by atoms with Crippen LogP contribution in [-0.4, -0.2) is 31.0 Å². The molecule has 1 saturated carbocycles. The van der Waals surface area contributed by atoms with Crippen LogP contribution in [0.25, 0.3) is 0 Å². The van der Waals surface area contributed by atoms with E-state index in [2.05, 4.69) is 0 Å². The van der Waals surface area contributed by atoms with Crippen molar-refractivity contribution in [3.05, 3.63) is 35.6 Å². The van der Waals surface area contributed by atoms with Gasteiger partial charge >= 0.3 is 5.97 Å². The van der Waals surface area contributed by atoms with Gasteiger partial charge in [-0.3, -0.25) is 4.79 Å². The van der Waals surface area contributed by atoms with Crippen LogP contribution in [0.4, 0.5) is 4.39 Å². The third-order valence-corrected chi connectivity index (χ3v) is 4.91. The molecule has 1 aromatic rings. The number of rotatable bonds is 3. The van der Waals surface area contributed by atoms with Crippen LogP contribution in [0.2, 0.25) is 0 Å². The van der Waals surface area contributed by atoms with Crippen molar-refractivity contribution in [1.82, 2.24) is 0 Å². The molecule has 0 heterocycles. The quantitative estimate of drug-likeness (QED) is 0.890. The Labute approximate surface area is 109 Å². The first-order valence-electron chi connectivity index (χ1n) is 5.34. The summed E-state index contributed by atoms with van der Waals surface area (Å²) in [4.78, 5) is 11.3. The molecule has 1 aliphatic rings. The van der Waals surface area contributed by atoms with E-state index in [1.807, 2.05) is 0 Å². The summed E-state index contributed by atoms with van der Waals surface area (Å²) in [5, 5.41) is 16.9. The van der Waals surface area contributed by atoms with Gasteiger partial charge in [0.05, 0.1) is 6.07 Å². The number of carboxylic acid groups (broad SMARTS) is 1. The number of benzene rings is 1. The Morgan fingerprint density at radius 3 is 2.53 bits per heavy atom. The van der Waals surface area contributed by atoms with Crippen molar-refractivity contribution in [1.29, 1.82) is 5.26 Å². The molecule has 19 heavy (non-hydrogen) atoms. The Morgan fingerprint density at radius 1 is 1.53 bits per heavy atom. The second-order valence-electron chi connectivity index (χ2n) is 4.57. The summed E-state index contributed by atoms with van der Waals surface area (Å²) in [5.74, 6) is -3.14. The lowest BCUT2D eigenvalue weighted by atomic mass is 10.0. The molecule has 0 bridgehead atoms. The van der Waals surface area contributed by atoms with Crippen LogP contribution in [0.15, 0.2) is 24.3 Å². The fourth-order valence-corrected chi connectivity index (χ4v) is 4.28. The third kappa shape index (κ3) is 1.88. The predicted octanol–water partition coefficient (Wildman–Crippen LogP) is 0.931. The SMILES string of the molecule is CS(=O)(=O)C1C(c2cccc(F)c2)C1(C#N)C(=O)O. The van der Waals surface area contributed by atoms with Gasteiger partial charge < -0.3 is 5.11 Å². The lowest BCUT2D eigenvalue weighted by Gasteiger charge is -2.01. The molecule has 5 nitrogen and oxygen atoms in total. The number of aliphatic carboxylic acids is 1. The van der Waals surface area contributed by atoms with E-state index >= 15 is 0 Å². The molecule has 7 heteroatoms. The molecule has 0 aliphatic heterocycles. The molecule has 2 rings (SSSR count). The Bertz CT molecular complexity index is 694. The smallest absolute Gasteiger partial charge is 0.326 e. The van der Waals surface area contributed by atoms with Gasteiger partial charge in [-0.2, -0.15) is 5.26 Å². The lowest BCUT2D eigenvalue weighted by Crippen LogP contribution is -2.21. The van der Waals surface area contributed by atoms with Crippen LogP contribution in [0.1, 0.15) is 11.5 Å². The van der Waals surface area contributed by atoms with Crippen molar-refractivity contribution >= 4 is 15.8 Å². The molecule has 0 radical (unpaired) electrons. The van der Waals surface area contributed by atoms with Gasteiger partial charge in [-0.15, -0.1) is 0 Å². The zero-order valence-electron chi connectivity index (χ0n) is 9.87. The van der Waals surface area contributed by atoms with Crippen LogP contribution < -0.4 is 0 Å². The summed E-state index contributed by atoms with van der Waals surface area (Å²) in [7, 11) is -3.73. The van der Waals surface area contributed by atoms with Crippen LogP contribution >= 0.6 is 0 Å². The van der Waals surface area contributed by atoms with E-state index in [4.69, 9.17) is 10.4 Å². The van der Waals surface area contributed by atoms with Gasteiger partial charge in [0.15, 0.2) is 15.3 Å². The highest BCUT2D eigenvalue weighted by Gasteiger charge is 2.76. The summed E-state index contributed by atoms with van der Waals surface area (Å²) >= 11 is 0. The molecule has 0 spiro atoms. The van der Waals surface area contributed by atoms with Crippen molar-refractivity contribution in [3.63, 3.8) is 0 Å². The monoisotopic (exact) mass is 283 g/mol. The molecule has 3 unspecified atom stereocenters. The zero-order valence-corrected chi connectivity index (χ0v) is 10.7. The van der Waals surface area contributed by atoms with Gasteiger partial charge in [0.25, 0.3) is 0 Å². The van der Waals surface area contributed by atoms with Crippen molar-refractivity contribution < 1.29 is 22.7 Å². The van der Waals surface area contributed by atoms with Gasteiger partial charge in [0.1, 0.15) is 11.1 Å². The Hall–Kier alpha value is -1.94. The second-order valence-corrected chi connectivity index (χ2v) is 6.74. The molecule has 1 aromatic carbocycles. The number of nitriles is 1. The highest BCUT2D eigenvalue weighted by atomic mass is 32.2. The average molecular weight is 283 g/mol. The number of carbonyl (C=O) groups is 1. The van der Waals surface area contributed by atoms with E-state index < -0.39 is 38.2 Å². The molecule has 0 aromatic heterocycles. The first kappa shape index (κ1) is 13.5. The molecule has 3 atom stereocenters. The summed E-state index contributed by atoms with van der Waals surface area (Å²) in [5.41, 5.74) is -1.82. The number of carboxylic acids is 1. The van der Waals surface area contributed by atoms with Gasteiger partial charge in [-0.05, 0) is 17.7 Å². The minimum atomic E-state index is -3.73. The van der Waals surface area contributed by atoms with Gasteiger partial charge in [-0.25, -0.2) is 12.8 Å². The van der Waals surface area contributed by atoms with Crippen molar-refractivity contribution in [2.75, 3.05) is 6.26 Å². The lowest BCUT2D eigenvalue weighted by molar-refractivity contribution is -0.141. The Balaban J connectivity index is 2.58. The number of hydrogen-bond donors (Lipinski definition) is 1. The van der Waals surface area contributed by atoms with Gasteiger partial charge in [-0.1, -0.05) is 12.1 Å². The second kappa shape index (κ2) is 4.03. The van der Waals surface area contributed by atoms with E-state index in [1.165, 1.54) is 12.1 Å². The number of halogens is 1. The van der Waals surface area contributed by atoms with Gasteiger partial charge in [0.2, 0.25) is 0 Å². The average Bonchev–Trinajstić information content (AvgIpc) is 2.99. The van der Waals surface area contributed by atoms with E-state index in [1.54, 1.807) is 6.07 Å². The first-order valence-corrected chi connectivity index (χ1v) is 7.29. The molecule has 1 aliphatic carbocycles. The topological polar surface area (TPSA) is 95.2 Å². The zero-order chi connectivity index (χ0) is 14.4. The van der Waals surface area contributed by atoms with Crippen molar-refractivity contribution in [3.8, 4) is 6.07 Å². The van der Waals surface area contributed by atoms with Crippen LogP contribution in [0.5, 0.6) is 0 Å². The molecule has 0 saturated heterocycles. The van der Waals surface area contributed by atoms with Crippen molar-refractivity contribution in [2.24, 2.45) is 5.41 Å². The minimum Gasteiger partial charge on any atom is -0.480 e. The number of hydrogen-bond acceptors (Lipinski definition) is 4. The predicted molar refractivity (Wildman–Crippen MR) is 63.5 cm³/mol. The van der Waals surface area contributed by atoms with Crippen LogP contribution in [0, 0.1) is 22.6 Å². The first-order chi connectivity index (χ1) is 8.75. The maximum atomic E-state index is 13.2. The van der Waals surface area contributed by atoms with E-state index in [9.17, 15) is 17.6 Å². The third-order valence-electron chi connectivity index (χ3n) is 3.34. The largest absolute Gasteiger partial charge is 0.480 e. The standard InChI is InChI=1S/C12H10FNO4S/c1-19(17,18)10-9(12(10,6-14)11(15)16)7-3-2-4-8(13)5-7/h2-5,9-10H,1H3,(H,15,16). The molecule has 100 valence electrons. The highest BCUT2D eigenvalue weighted by Crippen LogP contribution is 2.62. The molecular weight excluding hydrogens is 273 g/mol. The van der Waals surface area contributed by atoms with Crippen LogP contribution in [-0.2, 0) is 14.6 Å². The number of sulfone groups is 1.